The third-order valence-corrected chi connectivity index (χ3v) is 3.64. The van der Waals surface area contributed by atoms with Crippen LogP contribution in [0.3, 0.4) is 0 Å². The molecule has 8 heteroatoms. The van der Waals surface area contributed by atoms with E-state index in [2.05, 4.69) is 10.4 Å². The Bertz CT molecular complexity index is 771. The topological polar surface area (TPSA) is 76.5 Å². The number of aryl methyl sites for hydroxylation is 1. The Kier molecular flexibility index (Phi) is 5.46. The summed E-state index contributed by atoms with van der Waals surface area (Å²) >= 11 is 5.96. The molecule has 128 valence electrons. The largest absolute Gasteiger partial charge is 0.496 e. The molecule has 2 rings (SSSR count). The number of hydrogen-bond acceptors (Lipinski definition) is 4. The van der Waals surface area contributed by atoms with Crippen LogP contribution in [0.25, 0.3) is 0 Å². The molecule has 2 aromatic rings. The smallest absolute Gasteiger partial charge is 0.273 e. The van der Waals surface area contributed by atoms with Crippen molar-refractivity contribution in [3.63, 3.8) is 0 Å². The average Bonchev–Trinajstić information content (AvgIpc) is 2.96. The van der Waals surface area contributed by atoms with Gasteiger partial charge in [-0.25, -0.2) is 0 Å². The lowest BCUT2D eigenvalue weighted by Gasteiger charge is -2.14. The van der Waals surface area contributed by atoms with Crippen LogP contribution in [0.15, 0.2) is 24.4 Å². The van der Waals surface area contributed by atoms with Gasteiger partial charge in [-0.15, -0.1) is 0 Å². The van der Waals surface area contributed by atoms with Crippen molar-refractivity contribution in [2.75, 3.05) is 26.5 Å². The number of amides is 2. The summed E-state index contributed by atoms with van der Waals surface area (Å²) in [6, 6.07) is 4.75. The molecular weight excluding hydrogens is 332 g/mol. The van der Waals surface area contributed by atoms with Gasteiger partial charge in [-0.1, -0.05) is 11.6 Å². The van der Waals surface area contributed by atoms with Crippen molar-refractivity contribution >= 4 is 29.1 Å². The third-order valence-electron chi connectivity index (χ3n) is 3.40. The van der Waals surface area contributed by atoms with E-state index < -0.39 is 5.91 Å². The molecule has 0 aliphatic rings. The fourth-order valence-electron chi connectivity index (χ4n) is 2.20. The quantitative estimate of drug-likeness (QED) is 0.899. The molecule has 2 amide bonds. The number of ether oxygens (including phenoxy) is 1. The van der Waals surface area contributed by atoms with E-state index in [1.165, 1.54) is 29.0 Å². The molecule has 0 unspecified atom stereocenters. The van der Waals surface area contributed by atoms with Crippen LogP contribution in [0, 0.1) is 0 Å². The van der Waals surface area contributed by atoms with E-state index in [1.54, 1.807) is 26.2 Å². The van der Waals surface area contributed by atoms with Gasteiger partial charge in [0.25, 0.3) is 11.8 Å². The average molecular weight is 351 g/mol. The van der Waals surface area contributed by atoms with E-state index in [1.807, 2.05) is 6.92 Å². The Morgan fingerprint density at radius 3 is 2.67 bits per heavy atom. The van der Waals surface area contributed by atoms with Gasteiger partial charge in [0, 0.05) is 25.7 Å². The van der Waals surface area contributed by atoms with E-state index in [9.17, 15) is 9.59 Å². The number of methoxy groups -OCH3 is 1. The molecule has 1 aromatic heterocycles. The zero-order valence-electron chi connectivity index (χ0n) is 14.0. The second kappa shape index (κ2) is 7.35. The Morgan fingerprint density at radius 1 is 1.38 bits per heavy atom. The first kappa shape index (κ1) is 17.8. The van der Waals surface area contributed by atoms with Gasteiger partial charge >= 0.3 is 0 Å². The first-order valence-electron chi connectivity index (χ1n) is 7.31. The molecule has 0 spiro atoms. The molecule has 0 saturated carbocycles. The number of halogens is 1. The predicted octanol–water partition coefficient (Wildman–Crippen LogP) is 2.52. The summed E-state index contributed by atoms with van der Waals surface area (Å²) in [5.41, 5.74) is 0.928. The zero-order valence-corrected chi connectivity index (χ0v) is 14.7. The highest BCUT2D eigenvalue weighted by Gasteiger charge is 2.22. The molecule has 0 fully saturated rings. The van der Waals surface area contributed by atoms with Crippen LogP contribution in [-0.4, -0.2) is 47.7 Å². The van der Waals surface area contributed by atoms with E-state index in [-0.39, 0.29) is 11.5 Å². The van der Waals surface area contributed by atoms with Crippen molar-refractivity contribution in [3.8, 4) is 5.75 Å². The van der Waals surface area contributed by atoms with Crippen LogP contribution >= 0.6 is 11.6 Å². The molecule has 0 aliphatic heterocycles. The molecule has 1 N–H and O–H groups in total. The van der Waals surface area contributed by atoms with Crippen molar-refractivity contribution in [3.05, 3.63) is 40.7 Å². The SMILES string of the molecule is CCn1ncc(NC(=O)c2cc(Cl)ccc2OC)c1C(=O)N(C)C. The minimum Gasteiger partial charge on any atom is -0.496 e. The summed E-state index contributed by atoms with van der Waals surface area (Å²) in [6.45, 7) is 2.37. The van der Waals surface area contributed by atoms with Gasteiger partial charge in [-0.2, -0.15) is 5.10 Å². The molecule has 24 heavy (non-hydrogen) atoms. The lowest BCUT2D eigenvalue weighted by molar-refractivity contribution is 0.0816. The standard InChI is InChI=1S/C16H19ClN4O3/c1-5-21-14(16(23)20(2)3)12(9-18-21)19-15(22)11-8-10(17)6-7-13(11)24-4/h6-9H,5H2,1-4H3,(H,19,22). The normalized spacial score (nSPS) is 10.4. The molecule has 0 radical (unpaired) electrons. The fraction of sp³-hybridized carbons (Fsp3) is 0.312. The Balaban J connectivity index is 2.38. The van der Waals surface area contributed by atoms with Gasteiger partial charge in [0.05, 0.1) is 24.6 Å². The second-order valence-electron chi connectivity index (χ2n) is 5.22. The summed E-state index contributed by atoms with van der Waals surface area (Å²) in [5.74, 6) is -0.291. The maximum atomic E-state index is 12.6. The summed E-state index contributed by atoms with van der Waals surface area (Å²) in [5, 5.41) is 7.26. The predicted molar refractivity (Wildman–Crippen MR) is 91.9 cm³/mol. The number of aromatic nitrogens is 2. The van der Waals surface area contributed by atoms with Crippen LogP contribution in [0.1, 0.15) is 27.8 Å². The first-order chi connectivity index (χ1) is 11.4. The number of nitrogens with zero attached hydrogens (tertiary/aromatic N) is 3. The lowest BCUT2D eigenvalue weighted by atomic mass is 10.2. The van der Waals surface area contributed by atoms with Gasteiger partial charge in [-0.3, -0.25) is 14.3 Å². The van der Waals surface area contributed by atoms with Crippen molar-refractivity contribution < 1.29 is 14.3 Å². The Morgan fingerprint density at radius 2 is 2.08 bits per heavy atom. The fourth-order valence-corrected chi connectivity index (χ4v) is 2.37. The monoisotopic (exact) mass is 350 g/mol. The molecule has 1 heterocycles. The van der Waals surface area contributed by atoms with Crippen molar-refractivity contribution in [1.29, 1.82) is 0 Å². The molecule has 0 saturated heterocycles. The van der Waals surface area contributed by atoms with E-state index in [4.69, 9.17) is 16.3 Å². The highest BCUT2D eigenvalue weighted by Crippen LogP contribution is 2.25. The van der Waals surface area contributed by atoms with Crippen molar-refractivity contribution in [2.24, 2.45) is 0 Å². The van der Waals surface area contributed by atoms with Crippen molar-refractivity contribution in [1.82, 2.24) is 14.7 Å². The minimum absolute atomic E-state index is 0.247. The number of hydrogen-bond donors (Lipinski definition) is 1. The van der Waals surface area contributed by atoms with Crippen LogP contribution in [-0.2, 0) is 6.54 Å². The highest BCUT2D eigenvalue weighted by atomic mass is 35.5. The van der Waals surface area contributed by atoms with Gasteiger partial charge < -0.3 is 15.0 Å². The molecule has 1 aromatic carbocycles. The van der Waals surface area contributed by atoms with Crippen LogP contribution in [0.5, 0.6) is 5.75 Å². The molecular formula is C16H19ClN4O3. The van der Waals surface area contributed by atoms with E-state index in [0.717, 1.165) is 0 Å². The maximum Gasteiger partial charge on any atom is 0.273 e. The second-order valence-corrected chi connectivity index (χ2v) is 5.66. The summed E-state index contributed by atoms with van der Waals surface area (Å²) < 4.78 is 6.72. The molecule has 0 atom stereocenters. The number of rotatable bonds is 5. The number of anilines is 1. The van der Waals surface area contributed by atoms with Gasteiger partial charge in [0.15, 0.2) is 0 Å². The number of benzene rings is 1. The highest BCUT2D eigenvalue weighted by molar-refractivity contribution is 6.31. The van der Waals surface area contributed by atoms with Gasteiger partial charge in [0.1, 0.15) is 11.4 Å². The number of carbonyl (C=O) groups is 2. The number of carbonyl (C=O) groups excluding carboxylic acids is 2. The Labute approximate surface area is 145 Å². The summed E-state index contributed by atoms with van der Waals surface area (Å²) in [7, 11) is 4.75. The first-order valence-corrected chi connectivity index (χ1v) is 7.69. The molecule has 0 aliphatic carbocycles. The number of nitrogens with one attached hydrogen (secondary N) is 1. The zero-order chi connectivity index (χ0) is 17.9. The molecule has 0 bridgehead atoms. The van der Waals surface area contributed by atoms with Gasteiger partial charge in [-0.05, 0) is 25.1 Å². The molecule has 7 nitrogen and oxygen atoms in total. The summed E-state index contributed by atoms with van der Waals surface area (Å²) in [4.78, 5) is 26.4. The van der Waals surface area contributed by atoms with E-state index in [0.29, 0.717) is 28.7 Å². The van der Waals surface area contributed by atoms with Crippen LogP contribution in [0.4, 0.5) is 5.69 Å². The van der Waals surface area contributed by atoms with Crippen LogP contribution in [0.2, 0.25) is 5.02 Å². The third kappa shape index (κ3) is 3.51. The van der Waals surface area contributed by atoms with Gasteiger partial charge in [0.2, 0.25) is 0 Å². The maximum absolute atomic E-state index is 12.6. The van der Waals surface area contributed by atoms with Crippen LogP contribution < -0.4 is 10.1 Å². The van der Waals surface area contributed by atoms with Crippen molar-refractivity contribution in [2.45, 2.75) is 13.5 Å². The van der Waals surface area contributed by atoms with E-state index >= 15 is 0 Å². The Hall–Kier alpha value is -2.54. The lowest BCUT2D eigenvalue weighted by Crippen LogP contribution is -2.26. The minimum atomic E-state index is -0.433. The summed E-state index contributed by atoms with van der Waals surface area (Å²) in [6.07, 6.45) is 1.45.